The molecule has 1 saturated carbocycles. The Morgan fingerprint density at radius 3 is 2.61 bits per heavy atom. The molecule has 1 N–H and O–H groups in total. The SMILES string of the molecule is CC1(C)CCCC(N2C3CCC2C(C(=O)O)C3)C1. The van der Waals surface area contributed by atoms with Gasteiger partial charge in [0.1, 0.15) is 0 Å². The zero-order valence-electron chi connectivity index (χ0n) is 11.6. The summed E-state index contributed by atoms with van der Waals surface area (Å²) in [6, 6.07) is 1.55. The first-order chi connectivity index (χ1) is 8.48. The Balaban J connectivity index is 1.75. The van der Waals surface area contributed by atoms with Crippen LogP contribution in [-0.2, 0) is 4.79 Å². The summed E-state index contributed by atoms with van der Waals surface area (Å²) in [7, 11) is 0. The van der Waals surface area contributed by atoms with E-state index in [2.05, 4.69) is 18.7 Å². The number of rotatable bonds is 2. The second-order valence-corrected chi connectivity index (χ2v) is 7.34. The van der Waals surface area contributed by atoms with E-state index in [1.165, 1.54) is 32.1 Å². The molecule has 0 spiro atoms. The Kier molecular flexibility index (Phi) is 2.92. The van der Waals surface area contributed by atoms with Crippen molar-refractivity contribution in [3.05, 3.63) is 0 Å². The maximum absolute atomic E-state index is 11.3. The summed E-state index contributed by atoms with van der Waals surface area (Å²) < 4.78 is 0. The molecular weight excluding hydrogens is 226 g/mol. The van der Waals surface area contributed by atoms with Crippen LogP contribution in [0.25, 0.3) is 0 Å². The Hall–Kier alpha value is -0.570. The van der Waals surface area contributed by atoms with E-state index in [0.29, 0.717) is 23.5 Å². The standard InChI is InChI=1S/C15H25NO2/c1-15(2)7-3-4-11(9-15)16-10-5-6-13(16)12(8-10)14(17)18/h10-13H,3-9H2,1-2H3,(H,17,18). The molecule has 2 saturated heterocycles. The van der Waals surface area contributed by atoms with Crippen molar-refractivity contribution < 1.29 is 9.90 Å². The molecule has 4 atom stereocenters. The molecule has 0 aromatic rings. The molecule has 0 aromatic carbocycles. The Morgan fingerprint density at radius 2 is 2.00 bits per heavy atom. The zero-order valence-corrected chi connectivity index (χ0v) is 11.6. The maximum Gasteiger partial charge on any atom is 0.308 e. The minimum atomic E-state index is -0.567. The van der Waals surface area contributed by atoms with E-state index in [4.69, 9.17) is 0 Å². The van der Waals surface area contributed by atoms with Gasteiger partial charge in [-0.05, 0) is 43.9 Å². The van der Waals surface area contributed by atoms with Gasteiger partial charge < -0.3 is 5.11 Å². The largest absolute Gasteiger partial charge is 0.481 e. The highest BCUT2D eigenvalue weighted by Crippen LogP contribution is 2.47. The smallest absolute Gasteiger partial charge is 0.308 e. The van der Waals surface area contributed by atoms with Crippen molar-refractivity contribution in [1.82, 2.24) is 4.90 Å². The predicted octanol–water partition coefficient (Wildman–Crippen LogP) is 2.89. The first-order valence-corrected chi connectivity index (χ1v) is 7.48. The Labute approximate surface area is 110 Å². The highest BCUT2D eigenvalue weighted by molar-refractivity contribution is 5.71. The van der Waals surface area contributed by atoms with E-state index in [1.807, 2.05) is 0 Å². The van der Waals surface area contributed by atoms with Gasteiger partial charge in [-0.2, -0.15) is 0 Å². The van der Waals surface area contributed by atoms with Crippen LogP contribution in [-0.4, -0.2) is 34.1 Å². The fourth-order valence-electron chi connectivity index (χ4n) is 4.78. The monoisotopic (exact) mass is 251 g/mol. The van der Waals surface area contributed by atoms with Gasteiger partial charge in [0.2, 0.25) is 0 Å². The van der Waals surface area contributed by atoms with Gasteiger partial charge in [-0.1, -0.05) is 20.3 Å². The second-order valence-electron chi connectivity index (χ2n) is 7.34. The molecule has 0 aromatic heterocycles. The van der Waals surface area contributed by atoms with Crippen LogP contribution in [0.1, 0.15) is 58.8 Å². The Morgan fingerprint density at radius 1 is 1.22 bits per heavy atom. The van der Waals surface area contributed by atoms with Crippen LogP contribution in [0.3, 0.4) is 0 Å². The molecule has 0 amide bonds. The molecule has 3 fully saturated rings. The fraction of sp³-hybridized carbons (Fsp3) is 0.933. The Bertz CT molecular complexity index is 352. The van der Waals surface area contributed by atoms with E-state index in [1.54, 1.807) is 0 Å². The lowest BCUT2D eigenvalue weighted by Gasteiger charge is -2.42. The quantitative estimate of drug-likeness (QED) is 0.820. The first kappa shape index (κ1) is 12.5. The van der Waals surface area contributed by atoms with Crippen molar-refractivity contribution in [3.8, 4) is 0 Å². The number of nitrogens with zero attached hydrogens (tertiary/aromatic N) is 1. The summed E-state index contributed by atoms with van der Waals surface area (Å²) in [6.45, 7) is 4.73. The van der Waals surface area contributed by atoms with Gasteiger partial charge in [-0.15, -0.1) is 0 Å². The van der Waals surface area contributed by atoms with Crippen molar-refractivity contribution in [2.75, 3.05) is 0 Å². The van der Waals surface area contributed by atoms with Crippen LogP contribution in [0.15, 0.2) is 0 Å². The van der Waals surface area contributed by atoms with Gasteiger partial charge in [0.25, 0.3) is 0 Å². The van der Waals surface area contributed by atoms with Gasteiger partial charge in [0.15, 0.2) is 0 Å². The van der Waals surface area contributed by atoms with Crippen molar-refractivity contribution in [1.29, 1.82) is 0 Å². The summed E-state index contributed by atoms with van der Waals surface area (Å²) >= 11 is 0. The van der Waals surface area contributed by atoms with Crippen molar-refractivity contribution >= 4 is 5.97 Å². The predicted molar refractivity (Wildman–Crippen MR) is 70.4 cm³/mol. The lowest BCUT2D eigenvalue weighted by Crippen LogP contribution is -2.45. The van der Waals surface area contributed by atoms with Gasteiger partial charge >= 0.3 is 5.97 Å². The number of hydrogen-bond donors (Lipinski definition) is 1. The minimum Gasteiger partial charge on any atom is -0.481 e. The van der Waals surface area contributed by atoms with E-state index in [0.717, 1.165) is 12.8 Å². The minimum absolute atomic E-state index is 0.0891. The van der Waals surface area contributed by atoms with E-state index in [9.17, 15) is 9.90 Å². The van der Waals surface area contributed by atoms with E-state index in [-0.39, 0.29) is 5.92 Å². The highest BCUT2D eigenvalue weighted by Gasteiger charge is 2.52. The lowest BCUT2D eigenvalue weighted by atomic mass is 9.74. The molecule has 3 aliphatic rings. The van der Waals surface area contributed by atoms with Gasteiger partial charge in [0, 0.05) is 18.1 Å². The van der Waals surface area contributed by atoms with Crippen molar-refractivity contribution in [2.24, 2.45) is 11.3 Å². The third-order valence-electron chi connectivity index (χ3n) is 5.51. The van der Waals surface area contributed by atoms with Crippen LogP contribution in [0.4, 0.5) is 0 Å². The zero-order chi connectivity index (χ0) is 12.9. The second kappa shape index (κ2) is 4.22. The van der Waals surface area contributed by atoms with Gasteiger partial charge in [0.05, 0.1) is 5.92 Å². The highest BCUT2D eigenvalue weighted by atomic mass is 16.4. The summed E-state index contributed by atoms with van der Waals surface area (Å²) in [5.74, 6) is -0.656. The average Bonchev–Trinajstić information content (AvgIpc) is 2.84. The van der Waals surface area contributed by atoms with Crippen LogP contribution < -0.4 is 0 Å². The number of fused-ring (bicyclic) bond motifs is 2. The molecule has 1 aliphatic carbocycles. The maximum atomic E-state index is 11.3. The summed E-state index contributed by atoms with van der Waals surface area (Å²) in [4.78, 5) is 13.9. The molecule has 0 radical (unpaired) electrons. The topological polar surface area (TPSA) is 40.5 Å². The molecule has 3 nitrogen and oxygen atoms in total. The molecule has 2 heterocycles. The lowest BCUT2D eigenvalue weighted by molar-refractivity contribution is -0.142. The third kappa shape index (κ3) is 1.97. The number of carbonyl (C=O) groups is 1. The molecular formula is C15H25NO2. The summed E-state index contributed by atoms with van der Waals surface area (Å²) in [6.07, 6.45) is 8.41. The first-order valence-electron chi connectivity index (χ1n) is 7.48. The average molecular weight is 251 g/mol. The van der Waals surface area contributed by atoms with Gasteiger partial charge in [-0.25, -0.2) is 0 Å². The fourth-order valence-corrected chi connectivity index (χ4v) is 4.78. The van der Waals surface area contributed by atoms with E-state index >= 15 is 0 Å². The number of carboxylic acids is 1. The molecule has 18 heavy (non-hydrogen) atoms. The molecule has 3 rings (SSSR count). The van der Waals surface area contributed by atoms with Crippen molar-refractivity contribution in [3.63, 3.8) is 0 Å². The van der Waals surface area contributed by atoms with Crippen LogP contribution in [0.2, 0.25) is 0 Å². The van der Waals surface area contributed by atoms with Crippen LogP contribution >= 0.6 is 0 Å². The van der Waals surface area contributed by atoms with Gasteiger partial charge in [-0.3, -0.25) is 9.69 Å². The van der Waals surface area contributed by atoms with Crippen LogP contribution in [0, 0.1) is 11.3 Å². The molecule has 102 valence electrons. The normalized spacial score (nSPS) is 43.2. The number of hydrogen-bond acceptors (Lipinski definition) is 2. The summed E-state index contributed by atoms with van der Waals surface area (Å²) in [5, 5.41) is 9.33. The summed E-state index contributed by atoms with van der Waals surface area (Å²) in [5.41, 5.74) is 0.448. The third-order valence-corrected chi connectivity index (χ3v) is 5.51. The van der Waals surface area contributed by atoms with E-state index < -0.39 is 5.97 Å². The molecule has 2 bridgehead atoms. The molecule has 2 aliphatic heterocycles. The molecule has 3 heteroatoms. The van der Waals surface area contributed by atoms with Crippen molar-refractivity contribution in [2.45, 2.75) is 76.9 Å². The number of carboxylic acid groups (broad SMARTS) is 1. The molecule has 4 unspecified atom stereocenters. The number of aliphatic carboxylic acids is 1. The van der Waals surface area contributed by atoms with Crippen LogP contribution in [0.5, 0.6) is 0 Å².